The van der Waals surface area contributed by atoms with Crippen molar-refractivity contribution in [3.8, 4) is 5.69 Å². The summed E-state index contributed by atoms with van der Waals surface area (Å²) < 4.78 is 7.34. The summed E-state index contributed by atoms with van der Waals surface area (Å²) in [6.45, 7) is 9.56. The fourth-order valence-electron chi connectivity index (χ4n) is 3.58. The number of nitrogens with zero attached hydrogens (tertiary/aromatic N) is 6. The highest BCUT2D eigenvalue weighted by Crippen LogP contribution is 2.27. The SMILES string of the molecule is CC1CN(C(=O)OC(C)(C)C)CCN1c1ncnc2c1cnn2-c1ccccc1. The third-order valence-corrected chi connectivity index (χ3v) is 4.90. The number of fused-ring (bicyclic) bond motifs is 1. The number of hydrogen-bond donors (Lipinski definition) is 0. The maximum absolute atomic E-state index is 12.4. The van der Waals surface area contributed by atoms with Gasteiger partial charge in [0.15, 0.2) is 5.65 Å². The number of aromatic nitrogens is 4. The fourth-order valence-corrected chi connectivity index (χ4v) is 3.58. The van der Waals surface area contributed by atoms with Crippen LogP contribution in [0.25, 0.3) is 16.7 Å². The molecule has 29 heavy (non-hydrogen) atoms. The molecule has 1 aliphatic heterocycles. The predicted molar refractivity (Wildman–Crippen MR) is 111 cm³/mol. The molecular weight excluding hydrogens is 368 g/mol. The Bertz CT molecular complexity index is 1010. The highest BCUT2D eigenvalue weighted by Gasteiger charge is 2.31. The molecule has 1 fully saturated rings. The Morgan fingerprint density at radius 2 is 1.90 bits per heavy atom. The molecule has 1 saturated heterocycles. The lowest BCUT2D eigenvalue weighted by Gasteiger charge is -2.40. The van der Waals surface area contributed by atoms with Gasteiger partial charge in [-0.3, -0.25) is 0 Å². The third-order valence-electron chi connectivity index (χ3n) is 4.90. The first-order chi connectivity index (χ1) is 13.8. The fraction of sp³-hybridized carbons (Fsp3) is 0.429. The van der Waals surface area contributed by atoms with E-state index >= 15 is 0 Å². The van der Waals surface area contributed by atoms with Gasteiger partial charge in [0, 0.05) is 25.7 Å². The van der Waals surface area contributed by atoms with E-state index in [1.54, 1.807) is 11.2 Å². The maximum atomic E-state index is 12.4. The monoisotopic (exact) mass is 394 g/mol. The van der Waals surface area contributed by atoms with Crippen molar-refractivity contribution in [2.75, 3.05) is 24.5 Å². The second-order valence-corrected chi connectivity index (χ2v) is 8.30. The standard InChI is InChI=1S/C21H26N6O2/c1-15-13-25(20(28)29-21(2,3)4)10-11-26(15)18-17-12-24-27(19(17)23-14-22-18)16-8-6-5-7-9-16/h5-9,12,14-15H,10-11,13H2,1-4H3. The maximum Gasteiger partial charge on any atom is 0.410 e. The average molecular weight is 394 g/mol. The van der Waals surface area contributed by atoms with Crippen LogP contribution in [-0.2, 0) is 4.74 Å². The van der Waals surface area contributed by atoms with Crippen molar-refractivity contribution in [2.45, 2.75) is 39.3 Å². The Hall–Kier alpha value is -3.16. The molecule has 1 aliphatic rings. The number of ether oxygens (including phenoxy) is 1. The lowest BCUT2D eigenvalue weighted by molar-refractivity contribution is 0.0218. The van der Waals surface area contributed by atoms with E-state index in [1.165, 1.54) is 0 Å². The zero-order chi connectivity index (χ0) is 20.6. The molecule has 4 rings (SSSR count). The number of carbonyl (C=O) groups excluding carboxylic acids is 1. The van der Waals surface area contributed by atoms with Gasteiger partial charge in [-0.15, -0.1) is 0 Å². The minimum Gasteiger partial charge on any atom is -0.444 e. The van der Waals surface area contributed by atoms with E-state index in [0.717, 1.165) is 22.5 Å². The summed E-state index contributed by atoms with van der Waals surface area (Å²) in [5.74, 6) is 0.841. The molecule has 0 radical (unpaired) electrons. The number of piperazine rings is 1. The molecule has 152 valence electrons. The lowest BCUT2D eigenvalue weighted by Crippen LogP contribution is -2.54. The highest BCUT2D eigenvalue weighted by atomic mass is 16.6. The molecule has 8 heteroatoms. The van der Waals surface area contributed by atoms with Gasteiger partial charge >= 0.3 is 6.09 Å². The number of rotatable bonds is 2. The van der Waals surface area contributed by atoms with E-state index in [0.29, 0.717) is 19.6 Å². The molecule has 1 amide bonds. The van der Waals surface area contributed by atoms with Crippen LogP contribution >= 0.6 is 0 Å². The van der Waals surface area contributed by atoms with E-state index in [-0.39, 0.29) is 12.1 Å². The Morgan fingerprint density at radius 3 is 2.59 bits per heavy atom. The van der Waals surface area contributed by atoms with Crippen LogP contribution in [0.2, 0.25) is 0 Å². The Labute approximate surface area is 170 Å². The summed E-state index contributed by atoms with van der Waals surface area (Å²) in [4.78, 5) is 25.4. The van der Waals surface area contributed by atoms with Crippen LogP contribution in [0.5, 0.6) is 0 Å². The minimum absolute atomic E-state index is 0.0921. The highest BCUT2D eigenvalue weighted by molar-refractivity contribution is 5.88. The first-order valence-electron chi connectivity index (χ1n) is 9.82. The largest absolute Gasteiger partial charge is 0.444 e. The molecule has 3 heterocycles. The summed E-state index contributed by atoms with van der Waals surface area (Å²) in [6, 6.07) is 10.0. The Morgan fingerprint density at radius 1 is 1.14 bits per heavy atom. The van der Waals surface area contributed by atoms with Gasteiger partial charge in [0.25, 0.3) is 0 Å². The Kier molecular flexibility index (Phi) is 4.86. The van der Waals surface area contributed by atoms with Gasteiger partial charge in [0.2, 0.25) is 0 Å². The van der Waals surface area contributed by atoms with Crippen LogP contribution < -0.4 is 4.90 Å². The molecule has 1 atom stereocenters. The van der Waals surface area contributed by atoms with Gasteiger partial charge in [-0.2, -0.15) is 5.10 Å². The number of amides is 1. The zero-order valence-electron chi connectivity index (χ0n) is 17.2. The second-order valence-electron chi connectivity index (χ2n) is 8.30. The number of benzene rings is 1. The van der Waals surface area contributed by atoms with Crippen molar-refractivity contribution in [3.05, 3.63) is 42.9 Å². The van der Waals surface area contributed by atoms with Crippen molar-refractivity contribution >= 4 is 22.9 Å². The van der Waals surface area contributed by atoms with Gasteiger partial charge in [-0.25, -0.2) is 19.4 Å². The lowest BCUT2D eigenvalue weighted by atomic mass is 10.1. The summed E-state index contributed by atoms with van der Waals surface area (Å²) in [6.07, 6.45) is 3.12. The molecule has 0 bridgehead atoms. The molecule has 8 nitrogen and oxygen atoms in total. The molecule has 0 N–H and O–H groups in total. The van der Waals surface area contributed by atoms with Crippen LogP contribution in [0.4, 0.5) is 10.6 Å². The first kappa shape index (κ1) is 19.2. The van der Waals surface area contributed by atoms with Gasteiger partial charge in [-0.05, 0) is 39.8 Å². The van der Waals surface area contributed by atoms with Crippen molar-refractivity contribution in [2.24, 2.45) is 0 Å². The van der Waals surface area contributed by atoms with Gasteiger partial charge < -0.3 is 14.5 Å². The number of hydrogen-bond acceptors (Lipinski definition) is 6. The molecule has 2 aromatic heterocycles. The topological polar surface area (TPSA) is 76.4 Å². The molecule has 0 saturated carbocycles. The third kappa shape index (κ3) is 3.87. The van der Waals surface area contributed by atoms with Gasteiger partial charge in [0.1, 0.15) is 17.7 Å². The first-order valence-corrected chi connectivity index (χ1v) is 9.82. The summed E-state index contributed by atoms with van der Waals surface area (Å²) >= 11 is 0. The number of carbonyl (C=O) groups is 1. The molecule has 1 aromatic carbocycles. The zero-order valence-corrected chi connectivity index (χ0v) is 17.2. The van der Waals surface area contributed by atoms with Crippen molar-refractivity contribution in [3.63, 3.8) is 0 Å². The summed E-state index contributed by atoms with van der Waals surface area (Å²) in [5.41, 5.74) is 1.22. The number of para-hydroxylation sites is 1. The molecule has 3 aromatic rings. The van der Waals surface area contributed by atoms with Crippen LogP contribution in [0.3, 0.4) is 0 Å². The van der Waals surface area contributed by atoms with Gasteiger partial charge in [-0.1, -0.05) is 18.2 Å². The van der Waals surface area contributed by atoms with E-state index < -0.39 is 5.60 Å². The van der Waals surface area contributed by atoms with E-state index in [9.17, 15) is 4.79 Å². The normalized spacial score (nSPS) is 17.6. The van der Waals surface area contributed by atoms with Crippen molar-refractivity contribution < 1.29 is 9.53 Å². The quantitative estimate of drug-likeness (QED) is 0.664. The van der Waals surface area contributed by atoms with Crippen LogP contribution in [0.15, 0.2) is 42.9 Å². The molecular formula is C21H26N6O2. The van der Waals surface area contributed by atoms with Gasteiger partial charge in [0.05, 0.1) is 17.3 Å². The molecule has 1 unspecified atom stereocenters. The summed E-state index contributed by atoms with van der Waals surface area (Å²) in [7, 11) is 0. The van der Waals surface area contributed by atoms with E-state index in [4.69, 9.17) is 4.74 Å². The van der Waals surface area contributed by atoms with Crippen LogP contribution in [0.1, 0.15) is 27.7 Å². The Balaban J connectivity index is 1.58. The smallest absolute Gasteiger partial charge is 0.410 e. The molecule has 0 spiro atoms. The van der Waals surface area contributed by atoms with Crippen LogP contribution in [0, 0.1) is 0 Å². The minimum atomic E-state index is -0.498. The van der Waals surface area contributed by atoms with E-state index in [2.05, 4.69) is 26.9 Å². The second kappa shape index (κ2) is 7.35. The molecule has 0 aliphatic carbocycles. The van der Waals surface area contributed by atoms with E-state index in [1.807, 2.05) is 62.0 Å². The summed E-state index contributed by atoms with van der Waals surface area (Å²) in [5, 5.41) is 5.43. The average Bonchev–Trinajstić information content (AvgIpc) is 3.11. The number of anilines is 1. The predicted octanol–water partition coefficient (Wildman–Crippen LogP) is 3.26. The van der Waals surface area contributed by atoms with Crippen molar-refractivity contribution in [1.82, 2.24) is 24.6 Å². The van der Waals surface area contributed by atoms with Crippen LogP contribution in [-0.4, -0.2) is 62.0 Å². The van der Waals surface area contributed by atoms with Crippen molar-refractivity contribution in [1.29, 1.82) is 0 Å².